The minimum atomic E-state index is -0.691. The molecule has 6 nitrogen and oxygen atoms in total. The minimum Gasteiger partial charge on any atom is -0.459 e. The lowest BCUT2D eigenvalue weighted by Gasteiger charge is -2.21. The van der Waals surface area contributed by atoms with E-state index in [-0.39, 0.29) is 18.4 Å². The highest BCUT2D eigenvalue weighted by molar-refractivity contribution is 5.88. The predicted molar refractivity (Wildman–Crippen MR) is 102 cm³/mol. The van der Waals surface area contributed by atoms with Crippen molar-refractivity contribution >= 4 is 11.9 Å². The van der Waals surface area contributed by atoms with E-state index in [1.165, 1.54) is 0 Å². The number of esters is 1. The lowest BCUT2D eigenvalue weighted by molar-refractivity contribution is -0.149. The van der Waals surface area contributed by atoms with Crippen LogP contribution in [0, 0.1) is 19.8 Å². The maximum Gasteiger partial charge on any atom is 0.328 e. The van der Waals surface area contributed by atoms with Gasteiger partial charge in [-0.15, -0.1) is 0 Å². The lowest BCUT2D eigenvalue weighted by Crippen LogP contribution is -2.44. The van der Waals surface area contributed by atoms with Crippen molar-refractivity contribution in [2.45, 2.75) is 59.6 Å². The molecule has 0 saturated heterocycles. The number of aryl methyl sites for hydroxylation is 2. The number of benzene rings is 1. The van der Waals surface area contributed by atoms with E-state index >= 15 is 0 Å². The summed E-state index contributed by atoms with van der Waals surface area (Å²) in [5.41, 5.74) is 2.35. The van der Waals surface area contributed by atoms with Crippen molar-refractivity contribution < 1.29 is 18.8 Å². The number of carbonyl (C=O) groups excluding carboxylic acids is 2. The summed E-state index contributed by atoms with van der Waals surface area (Å²) in [5.74, 6) is -0.289. The Morgan fingerprint density at radius 2 is 1.81 bits per heavy atom. The molecule has 0 bridgehead atoms. The molecule has 0 aliphatic heterocycles. The van der Waals surface area contributed by atoms with E-state index in [0.717, 1.165) is 11.1 Å². The molecular formula is C21H28N2O4. The van der Waals surface area contributed by atoms with Crippen LogP contribution in [0.15, 0.2) is 34.9 Å². The number of rotatable bonds is 8. The summed E-state index contributed by atoms with van der Waals surface area (Å²) < 4.78 is 10.6. The summed E-state index contributed by atoms with van der Waals surface area (Å²) in [7, 11) is 0. The van der Waals surface area contributed by atoms with Gasteiger partial charge in [0.1, 0.15) is 18.4 Å². The second-order valence-corrected chi connectivity index (χ2v) is 7.24. The van der Waals surface area contributed by atoms with E-state index in [9.17, 15) is 9.59 Å². The molecule has 27 heavy (non-hydrogen) atoms. The molecule has 0 fully saturated rings. The molecular weight excluding hydrogens is 344 g/mol. The first-order valence-electron chi connectivity index (χ1n) is 9.23. The topological polar surface area (TPSA) is 81.4 Å². The molecule has 1 heterocycles. The van der Waals surface area contributed by atoms with Crippen molar-refractivity contribution in [1.82, 2.24) is 10.5 Å². The molecule has 0 aliphatic rings. The number of ether oxygens (including phenoxy) is 1. The molecule has 1 amide bonds. The highest BCUT2D eigenvalue weighted by atomic mass is 16.5. The van der Waals surface area contributed by atoms with Gasteiger partial charge in [-0.2, -0.15) is 0 Å². The van der Waals surface area contributed by atoms with E-state index in [1.807, 2.05) is 44.2 Å². The first-order valence-corrected chi connectivity index (χ1v) is 9.23. The standard InChI is InChI=1S/C21H28N2O4/c1-13(2)11-18(21(25)26-12-17-9-7-6-8-10-17)22-20(24)14(3)19-15(4)23-27-16(19)5/h6-10,13-14,18H,11-12H2,1-5H3,(H,22,24)/t14?,18-/m0/s1. The number of nitrogens with one attached hydrogen (secondary N) is 1. The van der Waals surface area contributed by atoms with E-state index in [1.54, 1.807) is 20.8 Å². The maximum absolute atomic E-state index is 12.7. The molecule has 2 rings (SSSR count). The quantitative estimate of drug-likeness (QED) is 0.715. The zero-order chi connectivity index (χ0) is 20.0. The average molecular weight is 372 g/mol. The Labute approximate surface area is 160 Å². The monoisotopic (exact) mass is 372 g/mol. The molecule has 1 N–H and O–H groups in total. The Morgan fingerprint density at radius 1 is 1.15 bits per heavy atom. The van der Waals surface area contributed by atoms with Gasteiger partial charge in [-0.25, -0.2) is 4.79 Å². The first kappa shape index (κ1) is 20.7. The van der Waals surface area contributed by atoms with Gasteiger partial charge >= 0.3 is 5.97 Å². The van der Waals surface area contributed by atoms with Crippen molar-refractivity contribution in [3.63, 3.8) is 0 Å². The molecule has 6 heteroatoms. The third-order valence-electron chi connectivity index (χ3n) is 4.45. The largest absolute Gasteiger partial charge is 0.459 e. The summed E-state index contributed by atoms with van der Waals surface area (Å²) in [6.07, 6.45) is 0.508. The van der Waals surface area contributed by atoms with Gasteiger partial charge in [-0.1, -0.05) is 49.3 Å². The van der Waals surface area contributed by atoms with E-state index in [2.05, 4.69) is 10.5 Å². The van der Waals surface area contributed by atoms with E-state index in [0.29, 0.717) is 17.9 Å². The van der Waals surface area contributed by atoms with Crippen molar-refractivity contribution in [3.05, 3.63) is 52.9 Å². The molecule has 1 unspecified atom stereocenters. The second-order valence-electron chi connectivity index (χ2n) is 7.24. The molecule has 1 aromatic carbocycles. The molecule has 1 aromatic heterocycles. The van der Waals surface area contributed by atoms with Crippen molar-refractivity contribution in [2.24, 2.45) is 5.92 Å². The van der Waals surface area contributed by atoms with Crippen LogP contribution in [0.1, 0.15) is 55.7 Å². The maximum atomic E-state index is 12.7. The van der Waals surface area contributed by atoms with Crippen molar-refractivity contribution in [1.29, 1.82) is 0 Å². The van der Waals surface area contributed by atoms with E-state index < -0.39 is 17.9 Å². The highest BCUT2D eigenvalue weighted by Crippen LogP contribution is 2.23. The molecule has 0 spiro atoms. The van der Waals surface area contributed by atoms with Gasteiger partial charge in [-0.05, 0) is 38.7 Å². The van der Waals surface area contributed by atoms with Crippen LogP contribution in [-0.4, -0.2) is 23.1 Å². The first-order chi connectivity index (χ1) is 12.8. The van der Waals surface area contributed by atoms with Crippen LogP contribution in [-0.2, 0) is 20.9 Å². The van der Waals surface area contributed by atoms with Gasteiger partial charge in [0.15, 0.2) is 0 Å². The fourth-order valence-electron chi connectivity index (χ4n) is 3.05. The van der Waals surface area contributed by atoms with Crippen LogP contribution >= 0.6 is 0 Å². The minimum absolute atomic E-state index is 0.184. The van der Waals surface area contributed by atoms with Gasteiger partial charge in [0.25, 0.3) is 0 Å². The number of hydrogen-bond acceptors (Lipinski definition) is 5. The van der Waals surface area contributed by atoms with Crippen LogP contribution in [0.3, 0.4) is 0 Å². The zero-order valence-electron chi connectivity index (χ0n) is 16.6. The fourth-order valence-corrected chi connectivity index (χ4v) is 3.05. The zero-order valence-corrected chi connectivity index (χ0v) is 16.6. The van der Waals surface area contributed by atoms with Gasteiger partial charge < -0.3 is 14.6 Å². The van der Waals surface area contributed by atoms with Gasteiger partial charge in [0, 0.05) is 5.56 Å². The van der Waals surface area contributed by atoms with Gasteiger partial charge in [-0.3, -0.25) is 4.79 Å². The highest BCUT2D eigenvalue weighted by Gasteiger charge is 2.28. The van der Waals surface area contributed by atoms with Crippen LogP contribution in [0.5, 0.6) is 0 Å². The smallest absolute Gasteiger partial charge is 0.328 e. The SMILES string of the molecule is Cc1noc(C)c1C(C)C(=O)N[C@@H](CC(C)C)C(=O)OCc1ccccc1. The fraction of sp³-hybridized carbons (Fsp3) is 0.476. The summed E-state index contributed by atoms with van der Waals surface area (Å²) >= 11 is 0. The number of hydrogen-bond donors (Lipinski definition) is 1. The van der Waals surface area contributed by atoms with Crippen LogP contribution in [0.2, 0.25) is 0 Å². The number of aromatic nitrogens is 1. The lowest BCUT2D eigenvalue weighted by atomic mass is 9.97. The summed E-state index contributed by atoms with van der Waals surface area (Å²) in [5, 5.41) is 6.74. The number of nitrogens with zero attached hydrogens (tertiary/aromatic N) is 1. The molecule has 146 valence electrons. The van der Waals surface area contributed by atoms with Crippen LogP contribution < -0.4 is 5.32 Å². The number of amides is 1. The molecule has 0 saturated carbocycles. The molecule has 2 atom stereocenters. The van der Waals surface area contributed by atoms with Gasteiger partial charge in [0.05, 0.1) is 11.6 Å². The van der Waals surface area contributed by atoms with Gasteiger partial charge in [0.2, 0.25) is 5.91 Å². The van der Waals surface area contributed by atoms with Crippen LogP contribution in [0.4, 0.5) is 0 Å². The Hall–Kier alpha value is -2.63. The Bertz CT molecular complexity index is 748. The molecule has 0 aliphatic carbocycles. The Kier molecular flexibility index (Phi) is 7.16. The Balaban J connectivity index is 2.04. The molecule has 0 radical (unpaired) electrons. The second kappa shape index (κ2) is 9.35. The van der Waals surface area contributed by atoms with Crippen molar-refractivity contribution in [3.8, 4) is 0 Å². The average Bonchev–Trinajstić information content (AvgIpc) is 2.97. The summed E-state index contributed by atoms with van der Waals surface area (Å²) in [6.45, 7) is 9.55. The third-order valence-corrected chi connectivity index (χ3v) is 4.45. The normalized spacial score (nSPS) is 13.3. The Morgan fingerprint density at radius 3 is 2.37 bits per heavy atom. The molecule has 2 aromatic rings. The van der Waals surface area contributed by atoms with Crippen LogP contribution in [0.25, 0.3) is 0 Å². The number of carbonyl (C=O) groups is 2. The van der Waals surface area contributed by atoms with E-state index in [4.69, 9.17) is 9.26 Å². The predicted octanol–water partition coefficient (Wildman–Crippen LogP) is 3.67. The summed E-state index contributed by atoms with van der Waals surface area (Å²) in [4.78, 5) is 25.3. The van der Waals surface area contributed by atoms with Crippen molar-refractivity contribution in [2.75, 3.05) is 0 Å². The summed E-state index contributed by atoms with van der Waals surface area (Å²) in [6, 6.07) is 8.78. The third kappa shape index (κ3) is 5.67.